The molecule has 2 atom stereocenters. The summed E-state index contributed by atoms with van der Waals surface area (Å²) >= 11 is 0. The molecule has 8 nitrogen and oxygen atoms in total. The second kappa shape index (κ2) is 11.2. The topological polar surface area (TPSA) is 123 Å². The molecule has 0 radical (unpaired) electrons. The van der Waals surface area contributed by atoms with Gasteiger partial charge in [-0.05, 0) is 66.1 Å². The minimum Gasteiger partial charge on any atom is -0.504 e. The van der Waals surface area contributed by atoms with E-state index in [4.69, 9.17) is 20.6 Å². The number of methoxy groups -OCH3 is 2. The number of phenolic OH excluding ortho intramolecular Hbond substituents is 2. The number of carboxylic acids is 1. The molecule has 0 aromatic heterocycles. The van der Waals surface area contributed by atoms with E-state index < -0.39 is 35.6 Å². The van der Waals surface area contributed by atoms with Crippen LogP contribution in [-0.2, 0) is 9.59 Å². The molecule has 39 heavy (non-hydrogen) atoms. The fraction of sp³-hybridized carbons (Fsp3) is 0.226. The van der Waals surface area contributed by atoms with Gasteiger partial charge in [0.25, 0.3) is 0 Å². The number of carbonyl (C=O) groups excluding carboxylic acids is 1. The van der Waals surface area contributed by atoms with Gasteiger partial charge in [0.1, 0.15) is 5.75 Å². The average Bonchev–Trinajstić information content (AvgIpc) is 2.89. The lowest BCUT2D eigenvalue weighted by atomic mass is 9.52. The smallest absolute Gasteiger partial charge is 0.315 e. The number of ether oxygens (including phenoxy) is 3. The number of hydrogen-bond acceptors (Lipinski definition) is 7. The Morgan fingerprint density at radius 3 is 1.92 bits per heavy atom. The van der Waals surface area contributed by atoms with E-state index in [0.717, 1.165) is 5.56 Å². The van der Waals surface area contributed by atoms with Crippen LogP contribution in [0.3, 0.4) is 0 Å². The normalized spacial score (nSPS) is 20.1. The van der Waals surface area contributed by atoms with Crippen molar-refractivity contribution in [3.8, 4) is 41.1 Å². The monoisotopic (exact) mass is 528 g/mol. The fourth-order valence-corrected chi connectivity index (χ4v) is 5.25. The minimum absolute atomic E-state index is 0.115. The molecule has 200 valence electrons. The van der Waals surface area contributed by atoms with Crippen LogP contribution in [0, 0.1) is 31.1 Å². The maximum absolute atomic E-state index is 13.9. The van der Waals surface area contributed by atoms with E-state index in [9.17, 15) is 24.9 Å². The van der Waals surface area contributed by atoms with Gasteiger partial charge in [-0.3, -0.25) is 9.59 Å². The van der Waals surface area contributed by atoms with Crippen LogP contribution in [0.25, 0.3) is 6.08 Å². The third kappa shape index (κ3) is 5.12. The average molecular weight is 529 g/mol. The molecule has 3 aromatic carbocycles. The highest BCUT2D eigenvalue weighted by Gasteiger charge is 2.59. The highest BCUT2D eigenvalue weighted by molar-refractivity contribution is 5.86. The fourth-order valence-electron chi connectivity index (χ4n) is 5.25. The van der Waals surface area contributed by atoms with Gasteiger partial charge in [-0.1, -0.05) is 30.2 Å². The number of aryl methyl sites for hydroxylation is 1. The summed E-state index contributed by atoms with van der Waals surface area (Å²) in [6, 6.07) is 14.2. The first kappa shape index (κ1) is 27.1. The molecule has 4 rings (SSSR count). The summed E-state index contributed by atoms with van der Waals surface area (Å²) in [5.41, 5.74) is 2.46. The van der Waals surface area contributed by atoms with Crippen molar-refractivity contribution in [2.24, 2.45) is 11.8 Å². The number of hydrogen-bond donors (Lipinski definition) is 3. The molecule has 1 aliphatic rings. The molecule has 8 heteroatoms. The molecular weight excluding hydrogens is 500 g/mol. The molecule has 3 aromatic rings. The highest BCUT2D eigenvalue weighted by Crippen LogP contribution is 2.59. The minimum atomic E-state index is -1.11. The van der Waals surface area contributed by atoms with Crippen molar-refractivity contribution >= 4 is 18.0 Å². The second-order valence-corrected chi connectivity index (χ2v) is 9.21. The van der Waals surface area contributed by atoms with Crippen LogP contribution in [0.5, 0.6) is 28.7 Å². The van der Waals surface area contributed by atoms with E-state index in [1.165, 1.54) is 44.6 Å². The van der Waals surface area contributed by atoms with E-state index in [1.54, 1.807) is 30.3 Å². The Morgan fingerprint density at radius 2 is 1.44 bits per heavy atom. The van der Waals surface area contributed by atoms with Crippen LogP contribution in [-0.4, -0.2) is 41.5 Å². The van der Waals surface area contributed by atoms with E-state index in [0.29, 0.717) is 16.7 Å². The number of aliphatic carboxylic acids is 1. The van der Waals surface area contributed by atoms with Gasteiger partial charge in [0, 0.05) is 17.4 Å². The number of phenols is 2. The molecule has 0 unspecified atom stereocenters. The lowest BCUT2D eigenvalue weighted by Crippen LogP contribution is -2.52. The number of carboxylic acid groups (broad SMARTS) is 1. The third-order valence-electron chi connectivity index (χ3n) is 7.12. The van der Waals surface area contributed by atoms with Gasteiger partial charge in [-0.25, -0.2) is 0 Å². The zero-order chi connectivity index (χ0) is 28.3. The van der Waals surface area contributed by atoms with Crippen molar-refractivity contribution in [2.75, 3.05) is 14.2 Å². The Balaban J connectivity index is 1.83. The van der Waals surface area contributed by atoms with E-state index in [-0.39, 0.29) is 28.7 Å². The van der Waals surface area contributed by atoms with Crippen molar-refractivity contribution in [2.45, 2.75) is 18.8 Å². The van der Waals surface area contributed by atoms with E-state index in [1.807, 2.05) is 13.0 Å². The first-order chi connectivity index (χ1) is 18.7. The lowest BCUT2D eigenvalue weighted by Gasteiger charge is -2.49. The number of carbonyl (C=O) groups is 2. The number of benzene rings is 3. The summed E-state index contributed by atoms with van der Waals surface area (Å²) in [4.78, 5) is 26.5. The van der Waals surface area contributed by atoms with Crippen LogP contribution < -0.4 is 14.2 Å². The van der Waals surface area contributed by atoms with Gasteiger partial charge in [-0.2, -0.15) is 0 Å². The van der Waals surface area contributed by atoms with Crippen LogP contribution in [0.15, 0.2) is 60.7 Å². The number of esters is 1. The summed E-state index contributed by atoms with van der Waals surface area (Å²) in [6.45, 7) is 1.86. The SMILES string of the molecule is C#C/C=C\c1c(C)cccc1OC(=O)[C@H]1[C@H](c2ccc(O)c(OC)c2)[C@H](C(=O)O)[C@H]1c1ccc(O)c(OC)c1. The highest BCUT2D eigenvalue weighted by atomic mass is 16.5. The van der Waals surface area contributed by atoms with Gasteiger partial charge >= 0.3 is 11.9 Å². The summed E-state index contributed by atoms with van der Waals surface area (Å²) in [7, 11) is 2.77. The van der Waals surface area contributed by atoms with Crippen molar-refractivity contribution < 1.29 is 39.1 Å². The predicted molar refractivity (Wildman–Crippen MR) is 144 cm³/mol. The Kier molecular flexibility index (Phi) is 7.82. The van der Waals surface area contributed by atoms with Crippen LogP contribution >= 0.6 is 0 Å². The molecule has 1 aliphatic carbocycles. The van der Waals surface area contributed by atoms with E-state index >= 15 is 0 Å². The van der Waals surface area contributed by atoms with Gasteiger partial charge in [0.05, 0.1) is 26.1 Å². The van der Waals surface area contributed by atoms with Gasteiger partial charge < -0.3 is 29.5 Å². The van der Waals surface area contributed by atoms with Crippen molar-refractivity contribution in [1.29, 1.82) is 0 Å². The van der Waals surface area contributed by atoms with Crippen molar-refractivity contribution in [3.63, 3.8) is 0 Å². The summed E-state index contributed by atoms with van der Waals surface area (Å²) in [5.74, 6) is -2.52. The Bertz CT molecular complexity index is 1420. The summed E-state index contributed by atoms with van der Waals surface area (Å²) in [5, 5.41) is 30.5. The second-order valence-electron chi connectivity index (χ2n) is 9.21. The van der Waals surface area contributed by atoms with Gasteiger partial charge in [0.15, 0.2) is 23.0 Å². The van der Waals surface area contributed by atoms with Crippen LogP contribution in [0.2, 0.25) is 0 Å². The molecule has 0 amide bonds. The maximum Gasteiger partial charge on any atom is 0.315 e. The summed E-state index contributed by atoms with van der Waals surface area (Å²) < 4.78 is 16.4. The molecule has 3 N–H and O–H groups in total. The number of aromatic hydroxyl groups is 2. The lowest BCUT2D eigenvalue weighted by molar-refractivity contribution is -0.158. The number of terminal acetylenes is 1. The van der Waals surface area contributed by atoms with Crippen LogP contribution in [0.1, 0.15) is 34.1 Å². The van der Waals surface area contributed by atoms with Gasteiger partial charge in [0.2, 0.25) is 0 Å². The largest absolute Gasteiger partial charge is 0.504 e. The Hall–Kier alpha value is -4.90. The maximum atomic E-state index is 13.9. The zero-order valence-electron chi connectivity index (χ0n) is 21.6. The quantitative estimate of drug-likeness (QED) is 0.215. The molecule has 0 heterocycles. The molecular formula is C31H28O8. The molecule has 0 saturated heterocycles. The van der Waals surface area contributed by atoms with Crippen molar-refractivity contribution in [3.05, 3.63) is 82.9 Å². The molecule has 1 fully saturated rings. The first-order valence-electron chi connectivity index (χ1n) is 12.1. The number of allylic oxidation sites excluding steroid dienone is 1. The predicted octanol–water partition coefficient (Wildman–Crippen LogP) is 4.87. The van der Waals surface area contributed by atoms with E-state index in [2.05, 4.69) is 5.92 Å². The number of rotatable bonds is 8. The Labute approximate surface area is 226 Å². The molecule has 0 spiro atoms. The van der Waals surface area contributed by atoms with Crippen molar-refractivity contribution in [1.82, 2.24) is 0 Å². The third-order valence-corrected chi connectivity index (χ3v) is 7.12. The first-order valence-corrected chi connectivity index (χ1v) is 12.1. The molecule has 0 aliphatic heterocycles. The Morgan fingerprint density at radius 1 is 0.872 bits per heavy atom. The van der Waals surface area contributed by atoms with Crippen LogP contribution in [0.4, 0.5) is 0 Å². The standard InChI is InChI=1S/C31H28O8/c1-5-6-9-20-17(2)8-7-10-23(20)39-31(36)29-26(18-11-13-21(32)24(15-18)37-3)28(30(34)35)27(29)19-12-14-22(33)25(16-19)38-4/h1,6-16,26-29,32-33H,2-4H3,(H,34,35)/b9-6-/t26-,27-,28-,29-/m1/s1. The van der Waals surface area contributed by atoms with Gasteiger partial charge in [-0.15, -0.1) is 6.42 Å². The zero-order valence-corrected chi connectivity index (χ0v) is 21.6. The molecule has 1 saturated carbocycles. The molecule has 0 bridgehead atoms. The summed E-state index contributed by atoms with van der Waals surface area (Å²) in [6.07, 6.45) is 8.55.